The Kier molecular flexibility index (Phi) is 1.25. The van der Waals surface area contributed by atoms with Crippen molar-refractivity contribution in [2.45, 2.75) is 6.35 Å². The van der Waals surface area contributed by atoms with Crippen LogP contribution >= 0.6 is 0 Å². The number of aliphatic hydroxyl groups excluding tert-OH is 1. The van der Waals surface area contributed by atoms with Crippen molar-refractivity contribution in [1.29, 1.82) is 0 Å². The maximum Gasteiger partial charge on any atom is 0.249 e. The van der Waals surface area contributed by atoms with E-state index < -0.39 is 6.35 Å². The molecule has 0 radical (unpaired) electrons. The lowest BCUT2D eigenvalue weighted by Gasteiger charge is -2.17. The molecule has 1 saturated heterocycles. The van der Waals surface area contributed by atoms with Gasteiger partial charge in [-0.05, 0) is 0 Å². The SMILES string of the molecule is [O-][NH+]1CCNC1O. The van der Waals surface area contributed by atoms with Crippen LogP contribution in [0.1, 0.15) is 0 Å². The number of quaternary nitrogens is 1. The Balaban J connectivity index is 2.33. The summed E-state index contributed by atoms with van der Waals surface area (Å²) < 4.78 is 0. The van der Waals surface area contributed by atoms with Crippen molar-refractivity contribution in [2.24, 2.45) is 0 Å². The molecule has 0 aromatic rings. The maximum atomic E-state index is 10.3. The summed E-state index contributed by atoms with van der Waals surface area (Å²) in [5, 5.41) is 21.3. The van der Waals surface area contributed by atoms with Gasteiger partial charge in [-0.1, -0.05) is 0 Å². The van der Waals surface area contributed by atoms with Crippen molar-refractivity contribution >= 4 is 0 Å². The van der Waals surface area contributed by atoms with E-state index in [2.05, 4.69) is 5.32 Å². The van der Waals surface area contributed by atoms with Gasteiger partial charge in [-0.3, -0.25) is 0 Å². The first kappa shape index (κ1) is 4.99. The highest BCUT2D eigenvalue weighted by molar-refractivity contribution is 4.47. The highest BCUT2D eigenvalue weighted by atomic mass is 16.5. The summed E-state index contributed by atoms with van der Waals surface area (Å²) in [5.41, 5.74) is 0. The van der Waals surface area contributed by atoms with Crippen LogP contribution in [0.4, 0.5) is 0 Å². The second-order valence-electron chi connectivity index (χ2n) is 1.57. The molecule has 3 N–H and O–H groups in total. The molecule has 0 aromatic carbocycles. The first-order chi connectivity index (χ1) is 3.30. The summed E-state index contributed by atoms with van der Waals surface area (Å²) in [6.45, 7) is 1.10. The van der Waals surface area contributed by atoms with Crippen LogP contribution in [0.5, 0.6) is 0 Å². The largest absolute Gasteiger partial charge is 0.631 e. The van der Waals surface area contributed by atoms with Crippen molar-refractivity contribution in [2.75, 3.05) is 13.1 Å². The molecule has 2 unspecified atom stereocenters. The van der Waals surface area contributed by atoms with Gasteiger partial charge in [-0.15, -0.1) is 0 Å². The van der Waals surface area contributed by atoms with E-state index in [0.29, 0.717) is 13.1 Å². The predicted molar refractivity (Wildman–Crippen MR) is 23.2 cm³/mol. The van der Waals surface area contributed by atoms with Gasteiger partial charge in [-0.2, -0.15) is 0 Å². The zero-order valence-electron chi connectivity index (χ0n) is 3.85. The van der Waals surface area contributed by atoms with Crippen LogP contribution in [0.3, 0.4) is 0 Å². The lowest BCUT2D eigenvalue weighted by molar-refractivity contribution is -0.886. The van der Waals surface area contributed by atoms with Gasteiger partial charge in [0.05, 0.1) is 13.1 Å². The molecule has 1 heterocycles. The molecule has 1 aliphatic heterocycles. The number of rotatable bonds is 0. The Morgan fingerprint density at radius 1 is 1.86 bits per heavy atom. The smallest absolute Gasteiger partial charge is 0.249 e. The first-order valence-electron chi connectivity index (χ1n) is 2.25. The molecule has 0 spiro atoms. The second-order valence-corrected chi connectivity index (χ2v) is 1.57. The third kappa shape index (κ3) is 0.889. The number of aliphatic hydroxyl groups is 1. The summed E-state index contributed by atoms with van der Waals surface area (Å²) in [5.74, 6) is 0. The third-order valence-corrected chi connectivity index (χ3v) is 1.01. The zero-order chi connectivity index (χ0) is 5.28. The standard InChI is InChI=1S/C3H8N2O2/c6-3-4-1-2-5(3)7/h3-6H,1-2H2. The van der Waals surface area contributed by atoms with Crippen molar-refractivity contribution < 1.29 is 10.2 Å². The topological polar surface area (TPSA) is 59.8 Å². The molecule has 0 aromatic heterocycles. The van der Waals surface area contributed by atoms with Crippen molar-refractivity contribution in [1.82, 2.24) is 5.32 Å². The number of nitrogens with one attached hydrogen (secondary N) is 2. The van der Waals surface area contributed by atoms with Crippen LogP contribution in [0.15, 0.2) is 0 Å². The van der Waals surface area contributed by atoms with Gasteiger partial charge in [0.25, 0.3) is 0 Å². The number of hydrogen-bond acceptors (Lipinski definition) is 3. The van der Waals surface area contributed by atoms with Crippen LogP contribution in [0.2, 0.25) is 0 Å². The Hall–Kier alpha value is -0.160. The van der Waals surface area contributed by atoms with Crippen LogP contribution in [-0.4, -0.2) is 24.5 Å². The van der Waals surface area contributed by atoms with Gasteiger partial charge < -0.3 is 15.4 Å². The van der Waals surface area contributed by atoms with E-state index in [9.17, 15) is 5.21 Å². The fraction of sp³-hybridized carbons (Fsp3) is 1.00. The molecule has 1 rings (SSSR count). The fourth-order valence-electron chi connectivity index (χ4n) is 0.583. The average Bonchev–Trinajstić information content (AvgIpc) is 1.91. The summed E-state index contributed by atoms with van der Waals surface area (Å²) >= 11 is 0. The second kappa shape index (κ2) is 1.75. The third-order valence-electron chi connectivity index (χ3n) is 1.01. The summed E-state index contributed by atoms with van der Waals surface area (Å²) in [6, 6.07) is 0. The molecule has 4 heteroatoms. The van der Waals surface area contributed by atoms with Crippen molar-refractivity contribution in [3.8, 4) is 0 Å². The molecule has 4 nitrogen and oxygen atoms in total. The van der Waals surface area contributed by atoms with Gasteiger partial charge in [0.2, 0.25) is 6.35 Å². The minimum atomic E-state index is -0.875. The highest BCUT2D eigenvalue weighted by Gasteiger charge is 2.16. The predicted octanol–water partition coefficient (Wildman–Crippen LogP) is -2.75. The lowest BCUT2D eigenvalue weighted by atomic mass is 10.7. The van der Waals surface area contributed by atoms with E-state index in [1.54, 1.807) is 0 Å². The zero-order valence-corrected chi connectivity index (χ0v) is 3.85. The van der Waals surface area contributed by atoms with E-state index in [1.807, 2.05) is 0 Å². The monoisotopic (exact) mass is 104 g/mol. The van der Waals surface area contributed by atoms with Gasteiger partial charge in [0.15, 0.2) is 0 Å². The first-order valence-corrected chi connectivity index (χ1v) is 2.25. The molecule has 1 aliphatic rings. The van der Waals surface area contributed by atoms with Gasteiger partial charge in [0, 0.05) is 0 Å². The number of hydrogen-bond donors (Lipinski definition) is 3. The molecule has 1 fully saturated rings. The Bertz CT molecular complexity index is 60.0. The molecule has 42 valence electrons. The van der Waals surface area contributed by atoms with Crippen molar-refractivity contribution in [3.05, 3.63) is 5.21 Å². The summed E-state index contributed by atoms with van der Waals surface area (Å²) in [6.07, 6.45) is -0.875. The van der Waals surface area contributed by atoms with E-state index in [4.69, 9.17) is 5.11 Å². The molecule has 0 bridgehead atoms. The van der Waals surface area contributed by atoms with Crippen LogP contribution in [-0.2, 0) is 0 Å². The Labute approximate surface area is 41.3 Å². The fourth-order valence-corrected chi connectivity index (χ4v) is 0.583. The molecule has 2 atom stereocenters. The maximum absolute atomic E-state index is 10.3. The minimum absolute atomic E-state index is 0.0972. The minimum Gasteiger partial charge on any atom is -0.631 e. The summed E-state index contributed by atoms with van der Waals surface area (Å²) in [4.78, 5) is 0. The number of hydroxylamine groups is 2. The van der Waals surface area contributed by atoms with Crippen LogP contribution < -0.4 is 10.4 Å². The van der Waals surface area contributed by atoms with Gasteiger partial charge in [0.1, 0.15) is 0 Å². The van der Waals surface area contributed by atoms with E-state index in [0.717, 1.165) is 0 Å². The van der Waals surface area contributed by atoms with Crippen LogP contribution in [0.25, 0.3) is 0 Å². The Morgan fingerprint density at radius 3 is 2.71 bits per heavy atom. The van der Waals surface area contributed by atoms with Crippen molar-refractivity contribution in [3.63, 3.8) is 0 Å². The van der Waals surface area contributed by atoms with Gasteiger partial charge >= 0.3 is 0 Å². The van der Waals surface area contributed by atoms with E-state index >= 15 is 0 Å². The molecule has 0 saturated carbocycles. The summed E-state index contributed by atoms with van der Waals surface area (Å²) in [7, 11) is 0. The van der Waals surface area contributed by atoms with Crippen LogP contribution in [0, 0.1) is 5.21 Å². The molecule has 7 heavy (non-hydrogen) atoms. The quantitative estimate of drug-likeness (QED) is 0.292. The Morgan fingerprint density at radius 2 is 2.57 bits per heavy atom. The van der Waals surface area contributed by atoms with Gasteiger partial charge in [-0.25, -0.2) is 5.32 Å². The molecular weight excluding hydrogens is 96.0 g/mol. The molecule has 0 aliphatic carbocycles. The lowest BCUT2D eigenvalue weighted by Crippen LogP contribution is -3.10. The molecule has 0 amide bonds. The highest BCUT2D eigenvalue weighted by Crippen LogP contribution is 1.66. The van der Waals surface area contributed by atoms with E-state index in [1.165, 1.54) is 0 Å². The molecular formula is C3H8N2O2. The van der Waals surface area contributed by atoms with E-state index in [-0.39, 0.29) is 5.06 Å². The normalized spacial score (nSPS) is 42.0. The average molecular weight is 104 g/mol.